The predicted molar refractivity (Wildman–Crippen MR) is 86.3 cm³/mol. The van der Waals surface area contributed by atoms with E-state index in [4.69, 9.17) is 0 Å². The normalized spacial score (nSPS) is 16.5. The zero-order chi connectivity index (χ0) is 15.4. The Hall–Kier alpha value is -1.69. The maximum Gasteiger partial charge on any atom is 0.0791 e. The van der Waals surface area contributed by atoms with Gasteiger partial charge in [0.25, 0.3) is 0 Å². The lowest BCUT2D eigenvalue weighted by atomic mass is 10.00. The molecule has 0 spiro atoms. The number of fused-ring (bicyclic) bond motifs is 1. The number of rotatable bonds is 6. The number of nitrogens with zero attached hydrogens (tertiary/aromatic N) is 3. The van der Waals surface area contributed by atoms with Crippen molar-refractivity contribution >= 4 is 0 Å². The van der Waals surface area contributed by atoms with E-state index in [-0.39, 0.29) is 6.10 Å². The number of β-amino-alcohol motifs (C(OH)–C–C–N with tert-alkyl or cyclic N) is 1. The molecule has 1 aromatic carbocycles. The largest absolute Gasteiger partial charge is 0.390 e. The minimum atomic E-state index is -0.345. The molecule has 0 amide bonds. The summed E-state index contributed by atoms with van der Waals surface area (Å²) >= 11 is 0. The molecule has 0 fully saturated rings. The van der Waals surface area contributed by atoms with Crippen LogP contribution in [0.4, 0.5) is 0 Å². The van der Waals surface area contributed by atoms with Crippen LogP contribution in [-0.2, 0) is 26.6 Å². The van der Waals surface area contributed by atoms with Crippen LogP contribution < -0.4 is 5.32 Å². The highest BCUT2D eigenvalue weighted by atomic mass is 16.3. The lowest BCUT2D eigenvalue weighted by molar-refractivity contribution is 0.104. The first-order chi connectivity index (χ1) is 10.7. The Kier molecular flexibility index (Phi) is 4.87. The zero-order valence-corrected chi connectivity index (χ0v) is 13.1. The summed E-state index contributed by atoms with van der Waals surface area (Å²) in [6, 6.07) is 8.59. The molecule has 118 valence electrons. The van der Waals surface area contributed by atoms with Crippen LogP contribution in [-0.4, -0.2) is 45.5 Å². The van der Waals surface area contributed by atoms with E-state index in [1.165, 1.54) is 11.1 Å². The van der Waals surface area contributed by atoms with Gasteiger partial charge in [-0.05, 0) is 17.5 Å². The molecular formula is C17H24N4O. The topological polar surface area (TPSA) is 53.3 Å². The molecule has 3 rings (SSSR count). The SMILES string of the molecule is Cn1cc(CNCC(O)CN2CCc3ccccc3C2)cn1. The second-order valence-corrected chi connectivity index (χ2v) is 6.06. The summed E-state index contributed by atoms with van der Waals surface area (Å²) in [6.45, 7) is 4.03. The number of aryl methyl sites for hydroxylation is 1. The van der Waals surface area contributed by atoms with Gasteiger partial charge in [-0.2, -0.15) is 5.10 Å². The fourth-order valence-corrected chi connectivity index (χ4v) is 3.02. The van der Waals surface area contributed by atoms with Crippen molar-refractivity contribution in [2.45, 2.75) is 25.6 Å². The number of hydrogen-bond donors (Lipinski definition) is 2. The van der Waals surface area contributed by atoms with Gasteiger partial charge in [0.2, 0.25) is 0 Å². The van der Waals surface area contributed by atoms with E-state index in [1.54, 1.807) is 4.68 Å². The third kappa shape index (κ3) is 3.94. The van der Waals surface area contributed by atoms with Crippen LogP contribution in [0.25, 0.3) is 0 Å². The van der Waals surface area contributed by atoms with Crippen LogP contribution in [0.1, 0.15) is 16.7 Å². The van der Waals surface area contributed by atoms with Gasteiger partial charge < -0.3 is 10.4 Å². The Balaban J connectivity index is 1.42. The second kappa shape index (κ2) is 7.05. The van der Waals surface area contributed by atoms with Gasteiger partial charge in [-0.1, -0.05) is 24.3 Å². The average molecular weight is 300 g/mol. The first-order valence-corrected chi connectivity index (χ1v) is 7.86. The summed E-state index contributed by atoms with van der Waals surface area (Å²) in [6.07, 6.45) is 4.57. The van der Waals surface area contributed by atoms with Crippen molar-refractivity contribution in [1.82, 2.24) is 20.0 Å². The maximum atomic E-state index is 10.2. The van der Waals surface area contributed by atoms with Crippen molar-refractivity contribution in [3.05, 3.63) is 53.3 Å². The van der Waals surface area contributed by atoms with E-state index < -0.39 is 0 Å². The van der Waals surface area contributed by atoms with Gasteiger partial charge in [-0.15, -0.1) is 0 Å². The molecule has 0 radical (unpaired) electrons. The minimum absolute atomic E-state index is 0.345. The first kappa shape index (κ1) is 15.2. The monoisotopic (exact) mass is 300 g/mol. The standard InChI is InChI=1S/C17H24N4O/c1-20-11-14(9-19-20)8-18-10-17(22)13-21-7-6-15-4-2-3-5-16(15)12-21/h2-5,9,11,17-18,22H,6-8,10,12-13H2,1H3. The molecule has 1 atom stereocenters. The van der Waals surface area contributed by atoms with Crippen LogP contribution in [0.3, 0.4) is 0 Å². The van der Waals surface area contributed by atoms with Gasteiger partial charge in [0.1, 0.15) is 0 Å². The quantitative estimate of drug-likeness (QED) is 0.833. The molecule has 22 heavy (non-hydrogen) atoms. The zero-order valence-electron chi connectivity index (χ0n) is 13.1. The number of aliphatic hydroxyl groups excluding tert-OH is 1. The Morgan fingerprint density at radius 3 is 2.91 bits per heavy atom. The van der Waals surface area contributed by atoms with Gasteiger partial charge in [0.15, 0.2) is 0 Å². The lowest BCUT2D eigenvalue weighted by Gasteiger charge is -2.30. The molecule has 0 saturated carbocycles. The van der Waals surface area contributed by atoms with Crippen molar-refractivity contribution < 1.29 is 5.11 Å². The Morgan fingerprint density at radius 1 is 1.32 bits per heavy atom. The van der Waals surface area contributed by atoms with Crippen LogP contribution in [0, 0.1) is 0 Å². The molecule has 0 saturated heterocycles. The molecule has 2 N–H and O–H groups in total. The summed E-state index contributed by atoms with van der Waals surface area (Å²) in [4.78, 5) is 2.33. The Morgan fingerprint density at radius 2 is 2.14 bits per heavy atom. The van der Waals surface area contributed by atoms with E-state index >= 15 is 0 Å². The molecule has 0 bridgehead atoms. The van der Waals surface area contributed by atoms with Crippen molar-refractivity contribution in [3.8, 4) is 0 Å². The van der Waals surface area contributed by atoms with Gasteiger partial charge in [-0.25, -0.2) is 0 Å². The van der Waals surface area contributed by atoms with E-state index in [2.05, 4.69) is 39.6 Å². The molecule has 2 aromatic rings. The lowest BCUT2D eigenvalue weighted by Crippen LogP contribution is -2.40. The summed E-state index contributed by atoms with van der Waals surface area (Å²) in [5.41, 5.74) is 3.98. The predicted octanol–water partition coefficient (Wildman–Crippen LogP) is 0.929. The number of nitrogens with one attached hydrogen (secondary N) is 1. The van der Waals surface area contributed by atoms with Gasteiger partial charge in [0, 0.05) is 51.5 Å². The van der Waals surface area contributed by atoms with Crippen LogP contribution >= 0.6 is 0 Å². The number of aliphatic hydroxyl groups is 1. The van der Waals surface area contributed by atoms with Crippen LogP contribution in [0.2, 0.25) is 0 Å². The number of aromatic nitrogens is 2. The van der Waals surface area contributed by atoms with E-state index in [0.717, 1.165) is 31.6 Å². The van der Waals surface area contributed by atoms with Crippen LogP contribution in [0.5, 0.6) is 0 Å². The summed E-state index contributed by atoms with van der Waals surface area (Å²) in [5, 5.41) is 17.6. The van der Waals surface area contributed by atoms with E-state index in [0.29, 0.717) is 13.1 Å². The third-order valence-corrected chi connectivity index (χ3v) is 4.15. The molecule has 5 nitrogen and oxygen atoms in total. The summed E-state index contributed by atoms with van der Waals surface area (Å²) in [7, 11) is 1.91. The molecule has 1 aliphatic heterocycles. The average Bonchev–Trinajstić information content (AvgIpc) is 2.92. The number of benzene rings is 1. The molecule has 5 heteroatoms. The maximum absolute atomic E-state index is 10.2. The molecule has 1 aliphatic rings. The molecule has 1 unspecified atom stereocenters. The molecular weight excluding hydrogens is 276 g/mol. The summed E-state index contributed by atoms with van der Waals surface area (Å²) in [5.74, 6) is 0. The van der Waals surface area contributed by atoms with Gasteiger partial charge in [-0.3, -0.25) is 9.58 Å². The van der Waals surface area contributed by atoms with Crippen LogP contribution in [0.15, 0.2) is 36.7 Å². The first-order valence-electron chi connectivity index (χ1n) is 7.86. The molecule has 1 aromatic heterocycles. The summed E-state index contributed by atoms with van der Waals surface area (Å²) < 4.78 is 1.79. The highest BCUT2D eigenvalue weighted by Gasteiger charge is 2.18. The Bertz CT molecular complexity index is 610. The van der Waals surface area contributed by atoms with Gasteiger partial charge >= 0.3 is 0 Å². The molecule has 2 heterocycles. The van der Waals surface area contributed by atoms with Crippen molar-refractivity contribution in [1.29, 1.82) is 0 Å². The fraction of sp³-hybridized carbons (Fsp3) is 0.471. The highest BCUT2D eigenvalue weighted by molar-refractivity contribution is 5.29. The highest BCUT2D eigenvalue weighted by Crippen LogP contribution is 2.18. The smallest absolute Gasteiger partial charge is 0.0791 e. The van der Waals surface area contributed by atoms with Crippen molar-refractivity contribution in [3.63, 3.8) is 0 Å². The fourth-order valence-electron chi connectivity index (χ4n) is 3.02. The third-order valence-electron chi connectivity index (χ3n) is 4.15. The van der Waals surface area contributed by atoms with Crippen molar-refractivity contribution in [2.75, 3.05) is 19.6 Å². The molecule has 0 aliphatic carbocycles. The van der Waals surface area contributed by atoms with Gasteiger partial charge in [0.05, 0.1) is 12.3 Å². The van der Waals surface area contributed by atoms with Crippen molar-refractivity contribution in [2.24, 2.45) is 7.05 Å². The van der Waals surface area contributed by atoms with E-state index in [1.807, 2.05) is 19.4 Å². The number of hydrogen-bond acceptors (Lipinski definition) is 4. The minimum Gasteiger partial charge on any atom is -0.390 e. The Labute approximate surface area is 131 Å². The van der Waals surface area contributed by atoms with E-state index in [9.17, 15) is 5.11 Å². The second-order valence-electron chi connectivity index (χ2n) is 6.06.